The summed E-state index contributed by atoms with van der Waals surface area (Å²) in [6, 6.07) is 8.83. The zero-order chi connectivity index (χ0) is 12.3. The van der Waals surface area contributed by atoms with E-state index in [-0.39, 0.29) is 11.1 Å². The number of hydrogen-bond acceptors (Lipinski definition) is 2. The summed E-state index contributed by atoms with van der Waals surface area (Å²) in [6.07, 6.45) is 1.37. The second kappa shape index (κ2) is 5.25. The minimum absolute atomic E-state index is 0.0849. The number of benzene rings is 1. The van der Waals surface area contributed by atoms with Gasteiger partial charge in [0.25, 0.3) is 5.91 Å². The lowest BCUT2D eigenvalue weighted by Crippen LogP contribution is -2.22. The van der Waals surface area contributed by atoms with Gasteiger partial charge in [-0.05, 0) is 29.3 Å². The second-order valence-electron chi connectivity index (χ2n) is 3.38. The van der Waals surface area contributed by atoms with E-state index < -0.39 is 0 Å². The Labute approximate surface area is 108 Å². The number of hydrogen-bond donors (Lipinski definition) is 1. The number of rotatable bonds is 3. The first kappa shape index (κ1) is 12.0. The maximum absolute atomic E-state index is 11.7. The SMILES string of the molecule is O=C(NCc1ccccc1Cl)c1ccoc1Cl. The summed E-state index contributed by atoms with van der Waals surface area (Å²) >= 11 is 11.7. The van der Waals surface area contributed by atoms with E-state index in [0.29, 0.717) is 17.1 Å². The van der Waals surface area contributed by atoms with Gasteiger partial charge in [0.05, 0.1) is 11.8 Å². The molecule has 0 aliphatic carbocycles. The fourth-order valence-electron chi connectivity index (χ4n) is 1.37. The molecule has 1 aromatic carbocycles. The Morgan fingerprint density at radius 1 is 1.24 bits per heavy atom. The first-order valence-corrected chi connectivity index (χ1v) is 5.68. The molecule has 0 fully saturated rings. The molecule has 0 saturated heterocycles. The summed E-state index contributed by atoms with van der Waals surface area (Å²) < 4.78 is 4.84. The van der Waals surface area contributed by atoms with Crippen molar-refractivity contribution in [1.82, 2.24) is 5.32 Å². The smallest absolute Gasteiger partial charge is 0.256 e. The predicted octanol–water partition coefficient (Wildman–Crippen LogP) is 3.52. The highest BCUT2D eigenvalue weighted by molar-refractivity contribution is 6.32. The summed E-state index contributed by atoms with van der Waals surface area (Å²) in [7, 11) is 0. The number of amides is 1. The van der Waals surface area contributed by atoms with E-state index in [9.17, 15) is 4.79 Å². The van der Waals surface area contributed by atoms with Gasteiger partial charge in [0.1, 0.15) is 0 Å². The van der Waals surface area contributed by atoms with Crippen LogP contribution in [0, 0.1) is 0 Å². The fourth-order valence-corrected chi connectivity index (χ4v) is 1.77. The van der Waals surface area contributed by atoms with Crippen LogP contribution in [0.4, 0.5) is 0 Å². The van der Waals surface area contributed by atoms with E-state index >= 15 is 0 Å². The van der Waals surface area contributed by atoms with Crippen molar-refractivity contribution in [3.8, 4) is 0 Å². The summed E-state index contributed by atoms with van der Waals surface area (Å²) in [5.74, 6) is -0.288. The lowest BCUT2D eigenvalue weighted by Gasteiger charge is -2.05. The zero-order valence-electron chi connectivity index (χ0n) is 8.74. The average molecular weight is 270 g/mol. The van der Waals surface area contributed by atoms with Crippen molar-refractivity contribution in [2.45, 2.75) is 6.54 Å². The molecular formula is C12H9Cl2NO2. The van der Waals surface area contributed by atoms with Gasteiger partial charge in [-0.3, -0.25) is 4.79 Å². The standard InChI is InChI=1S/C12H9Cl2NO2/c13-10-4-2-1-3-8(10)7-15-12(16)9-5-6-17-11(9)14/h1-6H,7H2,(H,15,16). The van der Waals surface area contributed by atoms with Gasteiger partial charge >= 0.3 is 0 Å². The first-order valence-electron chi connectivity index (χ1n) is 4.93. The van der Waals surface area contributed by atoms with Gasteiger partial charge in [-0.25, -0.2) is 0 Å². The maximum atomic E-state index is 11.7. The van der Waals surface area contributed by atoms with Crippen LogP contribution in [0.25, 0.3) is 0 Å². The third-order valence-electron chi connectivity index (χ3n) is 2.26. The van der Waals surface area contributed by atoms with Crippen LogP contribution in [0.5, 0.6) is 0 Å². The van der Waals surface area contributed by atoms with Gasteiger partial charge < -0.3 is 9.73 Å². The number of halogens is 2. The van der Waals surface area contributed by atoms with E-state index in [1.807, 2.05) is 18.2 Å². The van der Waals surface area contributed by atoms with Crippen LogP contribution in [0.15, 0.2) is 41.0 Å². The molecule has 0 bridgehead atoms. The molecule has 1 aromatic heterocycles. The lowest BCUT2D eigenvalue weighted by molar-refractivity contribution is 0.0950. The molecule has 0 saturated carbocycles. The Bertz CT molecular complexity index is 537. The van der Waals surface area contributed by atoms with Crippen molar-refractivity contribution >= 4 is 29.1 Å². The van der Waals surface area contributed by atoms with Crippen molar-refractivity contribution in [2.75, 3.05) is 0 Å². The Hall–Kier alpha value is -1.45. The molecule has 1 amide bonds. The zero-order valence-corrected chi connectivity index (χ0v) is 10.3. The van der Waals surface area contributed by atoms with Gasteiger partial charge in [0, 0.05) is 11.6 Å². The van der Waals surface area contributed by atoms with Crippen molar-refractivity contribution in [1.29, 1.82) is 0 Å². The van der Waals surface area contributed by atoms with E-state index in [1.165, 1.54) is 12.3 Å². The van der Waals surface area contributed by atoms with Crippen LogP contribution in [0.2, 0.25) is 10.2 Å². The van der Waals surface area contributed by atoms with Crippen LogP contribution in [-0.2, 0) is 6.54 Å². The van der Waals surface area contributed by atoms with Crippen LogP contribution in [-0.4, -0.2) is 5.91 Å². The molecule has 3 nitrogen and oxygen atoms in total. The molecule has 0 atom stereocenters. The quantitative estimate of drug-likeness (QED) is 0.927. The minimum Gasteiger partial charge on any atom is -0.452 e. The molecule has 0 radical (unpaired) electrons. The molecular weight excluding hydrogens is 261 g/mol. The van der Waals surface area contributed by atoms with Crippen LogP contribution in [0.3, 0.4) is 0 Å². The molecule has 2 aromatic rings. The van der Waals surface area contributed by atoms with E-state index in [0.717, 1.165) is 5.56 Å². The molecule has 1 N–H and O–H groups in total. The number of furan rings is 1. The Balaban J connectivity index is 2.02. The molecule has 0 spiro atoms. The average Bonchev–Trinajstić information content (AvgIpc) is 2.74. The Kier molecular flexibility index (Phi) is 3.71. The highest BCUT2D eigenvalue weighted by Gasteiger charge is 2.12. The molecule has 1 heterocycles. The number of nitrogens with one attached hydrogen (secondary N) is 1. The van der Waals surface area contributed by atoms with E-state index in [1.54, 1.807) is 6.07 Å². The maximum Gasteiger partial charge on any atom is 0.256 e. The van der Waals surface area contributed by atoms with Crippen molar-refractivity contribution in [3.05, 3.63) is 58.0 Å². The molecule has 88 valence electrons. The minimum atomic E-state index is -0.288. The molecule has 0 aliphatic heterocycles. The monoisotopic (exact) mass is 269 g/mol. The molecule has 2 rings (SSSR count). The molecule has 17 heavy (non-hydrogen) atoms. The van der Waals surface area contributed by atoms with Gasteiger partial charge in [-0.1, -0.05) is 29.8 Å². The molecule has 0 unspecified atom stereocenters. The highest BCUT2D eigenvalue weighted by Crippen LogP contribution is 2.17. The summed E-state index contributed by atoms with van der Waals surface area (Å²) in [6.45, 7) is 0.347. The summed E-state index contributed by atoms with van der Waals surface area (Å²) in [5.41, 5.74) is 1.17. The fraction of sp³-hybridized carbons (Fsp3) is 0.0833. The normalized spacial score (nSPS) is 10.2. The summed E-state index contributed by atoms with van der Waals surface area (Å²) in [4.78, 5) is 11.7. The third-order valence-corrected chi connectivity index (χ3v) is 2.92. The second-order valence-corrected chi connectivity index (χ2v) is 4.13. The van der Waals surface area contributed by atoms with Crippen molar-refractivity contribution in [2.24, 2.45) is 0 Å². The largest absolute Gasteiger partial charge is 0.452 e. The van der Waals surface area contributed by atoms with Gasteiger partial charge in [-0.15, -0.1) is 0 Å². The lowest BCUT2D eigenvalue weighted by atomic mass is 10.2. The highest BCUT2D eigenvalue weighted by atomic mass is 35.5. The van der Waals surface area contributed by atoms with Crippen molar-refractivity contribution < 1.29 is 9.21 Å². The van der Waals surface area contributed by atoms with E-state index in [2.05, 4.69) is 5.32 Å². The Morgan fingerprint density at radius 2 is 2.00 bits per heavy atom. The topological polar surface area (TPSA) is 42.2 Å². The van der Waals surface area contributed by atoms with Crippen molar-refractivity contribution in [3.63, 3.8) is 0 Å². The van der Waals surface area contributed by atoms with Crippen LogP contribution in [0.1, 0.15) is 15.9 Å². The predicted molar refractivity (Wildman–Crippen MR) is 66.3 cm³/mol. The summed E-state index contributed by atoms with van der Waals surface area (Å²) in [5, 5.41) is 3.42. The van der Waals surface area contributed by atoms with Gasteiger partial charge in [0.2, 0.25) is 5.22 Å². The molecule has 5 heteroatoms. The van der Waals surface area contributed by atoms with Gasteiger partial charge in [0.15, 0.2) is 0 Å². The van der Waals surface area contributed by atoms with Crippen LogP contribution < -0.4 is 5.32 Å². The number of carbonyl (C=O) groups excluding carboxylic acids is 1. The number of carbonyl (C=O) groups is 1. The third kappa shape index (κ3) is 2.81. The Morgan fingerprint density at radius 3 is 2.65 bits per heavy atom. The first-order chi connectivity index (χ1) is 8.18. The van der Waals surface area contributed by atoms with Gasteiger partial charge in [-0.2, -0.15) is 0 Å². The molecule has 0 aliphatic rings. The van der Waals surface area contributed by atoms with E-state index in [4.69, 9.17) is 27.6 Å². The van der Waals surface area contributed by atoms with Crippen LogP contribution >= 0.6 is 23.2 Å².